The lowest BCUT2D eigenvalue weighted by atomic mass is 10.2. The molecule has 0 saturated carbocycles. The van der Waals surface area contributed by atoms with E-state index in [1.807, 2.05) is 0 Å². The molecule has 0 spiro atoms. The molecule has 0 aliphatic carbocycles. The molecule has 3 nitrogen and oxygen atoms in total. The van der Waals surface area contributed by atoms with E-state index in [9.17, 15) is 0 Å². The third-order valence-corrected chi connectivity index (χ3v) is 3.42. The molecule has 2 rings (SSSR count). The summed E-state index contributed by atoms with van der Waals surface area (Å²) in [7, 11) is 0. The van der Waals surface area contributed by atoms with Crippen molar-refractivity contribution in [1.82, 2.24) is 15.6 Å². The third-order valence-electron chi connectivity index (χ3n) is 3.42. The first-order chi connectivity index (χ1) is 7.45. The lowest BCUT2D eigenvalue weighted by Crippen LogP contribution is -2.44. The summed E-state index contributed by atoms with van der Waals surface area (Å²) in [6, 6.07) is 0. The van der Waals surface area contributed by atoms with Gasteiger partial charge in [0.05, 0.1) is 0 Å². The summed E-state index contributed by atoms with van der Waals surface area (Å²) < 4.78 is 0. The highest BCUT2D eigenvalue weighted by Crippen LogP contribution is 2.11. The van der Waals surface area contributed by atoms with Gasteiger partial charge in [-0.05, 0) is 25.7 Å². The Morgan fingerprint density at radius 2 is 0.800 bits per heavy atom. The first-order valence-corrected chi connectivity index (χ1v) is 6.66. The minimum absolute atomic E-state index is 1.18. The molecule has 2 aliphatic heterocycles. The minimum Gasteiger partial charge on any atom is -0.211 e. The van der Waals surface area contributed by atoms with E-state index >= 15 is 0 Å². The molecule has 0 atom stereocenters. The van der Waals surface area contributed by atoms with Crippen LogP contribution in [-0.4, -0.2) is 36.2 Å². The first kappa shape index (κ1) is 11.4. The zero-order valence-corrected chi connectivity index (χ0v) is 9.83. The average Bonchev–Trinajstić information content (AvgIpc) is 2.63. The SMILES string of the molecule is C1CCCN([N]N2CCCCCC2)CC1. The van der Waals surface area contributed by atoms with Gasteiger partial charge in [-0.15, -0.1) is 0 Å². The summed E-state index contributed by atoms with van der Waals surface area (Å²) in [5, 5.41) is 4.61. The number of nitrogens with zero attached hydrogens (tertiary/aromatic N) is 3. The van der Waals surface area contributed by atoms with Crippen molar-refractivity contribution in [2.45, 2.75) is 51.4 Å². The van der Waals surface area contributed by atoms with Crippen LogP contribution in [0.15, 0.2) is 0 Å². The van der Waals surface area contributed by atoms with Crippen molar-refractivity contribution in [3.8, 4) is 0 Å². The van der Waals surface area contributed by atoms with E-state index in [2.05, 4.69) is 10.0 Å². The van der Waals surface area contributed by atoms with Crippen LogP contribution >= 0.6 is 0 Å². The Hall–Kier alpha value is -0.120. The van der Waals surface area contributed by atoms with E-state index < -0.39 is 0 Å². The summed E-state index contributed by atoms with van der Waals surface area (Å²) in [6.07, 6.45) is 10.9. The van der Waals surface area contributed by atoms with E-state index in [4.69, 9.17) is 5.53 Å². The molecule has 0 amide bonds. The van der Waals surface area contributed by atoms with Gasteiger partial charge in [-0.2, -0.15) is 0 Å². The standard InChI is InChI=1S/C12H24N3/c1-2-6-10-14(9-5-1)13-15-11-7-3-4-8-12-15/h1-12H2. The van der Waals surface area contributed by atoms with Crippen molar-refractivity contribution >= 4 is 0 Å². The van der Waals surface area contributed by atoms with E-state index in [1.165, 1.54) is 77.5 Å². The third kappa shape index (κ3) is 4.09. The van der Waals surface area contributed by atoms with Gasteiger partial charge in [-0.1, -0.05) is 31.2 Å². The van der Waals surface area contributed by atoms with E-state index in [0.29, 0.717) is 0 Å². The van der Waals surface area contributed by atoms with Gasteiger partial charge >= 0.3 is 0 Å². The molecule has 0 unspecified atom stereocenters. The quantitative estimate of drug-likeness (QED) is 0.696. The predicted molar refractivity (Wildman–Crippen MR) is 62.2 cm³/mol. The van der Waals surface area contributed by atoms with E-state index in [-0.39, 0.29) is 0 Å². The van der Waals surface area contributed by atoms with Crippen LogP contribution in [0.5, 0.6) is 0 Å². The molecule has 0 aromatic carbocycles. The smallest absolute Gasteiger partial charge is 0.0161 e. The molecular weight excluding hydrogens is 186 g/mol. The molecule has 2 aliphatic rings. The maximum absolute atomic E-state index is 4.78. The highest BCUT2D eigenvalue weighted by atomic mass is 15.7. The predicted octanol–water partition coefficient (Wildman–Crippen LogP) is 2.17. The summed E-state index contributed by atoms with van der Waals surface area (Å²) in [5.74, 6) is 0. The van der Waals surface area contributed by atoms with Crippen LogP contribution in [0, 0.1) is 0 Å². The topological polar surface area (TPSA) is 20.6 Å². The molecule has 0 aromatic rings. The zero-order valence-electron chi connectivity index (χ0n) is 9.83. The Balaban J connectivity index is 1.73. The van der Waals surface area contributed by atoms with Crippen LogP contribution in [0.1, 0.15) is 51.4 Å². The van der Waals surface area contributed by atoms with Gasteiger partial charge in [0.15, 0.2) is 0 Å². The summed E-state index contributed by atoms with van der Waals surface area (Å²) in [6.45, 7) is 4.71. The van der Waals surface area contributed by atoms with Crippen molar-refractivity contribution in [3.63, 3.8) is 0 Å². The highest BCUT2D eigenvalue weighted by Gasteiger charge is 2.15. The summed E-state index contributed by atoms with van der Waals surface area (Å²) in [5.41, 5.74) is 4.78. The molecule has 2 heterocycles. The molecule has 2 fully saturated rings. The van der Waals surface area contributed by atoms with Gasteiger partial charge < -0.3 is 0 Å². The van der Waals surface area contributed by atoms with Crippen molar-refractivity contribution in [2.75, 3.05) is 26.2 Å². The van der Waals surface area contributed by atoms with Crippen LogP contribution in [0.2, 0.25) is 0 Å². The van der Waals surface area contributed by atoms with Crippen molar-refractivity contribution in [2.24, 2.45) is 0 Å². The van der Waals surface area contributed by atoms with Crippen LogP contribution in [0.3, 0.4) is 0 Å². The molecule has 1 radical (unpaired) electrons. The Morgan fingerprint density at radius 3 is 1.13 bits per heavy atom. The van der Waals surface area contributed by atoms with Crippen LogP contribution in [0.25, 0.3) is 0 Å². The van der Waals surface area contributed by atoms with Gasteiger partial charge in [-0.25, -0.2) is 10.0 Å². The molecule has 0 bridgehead atoms. The van der Waals surface area contributed by atoms with Crippen LogP contribution < -0.4 is 5.53 Å². The second-order valence-corrected chi connectivity index (χ2v) is 4.83. The lowest BCUT2D eigenvalue weighted by molar-refractivity contribution is 0.0184. The molecule has 2 saturated heterocycles. The van der Waals surface area contributed by atoms with Crippen molar-refractivity contribution in [1.29, 1.82) is 0 Å². The lowest BCUT2D eigenvalue weighted by Gasteiger charge is -2.26. The number of rotatable bonds is 2. The number of hydrogen-bond acceptors (Lipinski definition) is 2. The van der Waals surface area contributed by atoms with E-state index in [0.717, 1.165) is 0 Å². The van der Waals surface area contributed by atoms with E-state index in [1.54, 1.807) is 0 Å². The Labute approximate surface area is 93.8 Å². The summed E-state index contributed by atoms with van der Waals surface area (Å²) >= 11 is 0. The largest absolute Gasteiger partial charge is 0.211 e. The molecule has 0 N–H and O–H groups in total. The van der Waals surface area contributed by atoms with Crippen LogP contribution in [0.4, 0.5) is 0 Å². The van der Waals surface area contributed by atoms with Crippen molar-refractivity contribution in [3.05, 3.63) is 0 Å². The Kier molecular flexibility index (Phi) is 4.90. The molecule has 3 heteroatoms. The zero-order chi connectivity index (χ0) is 10.3. The van der Waals surface area contributed by atoms with Gasteiger partial charge in [0.1, 0.15) is 0 Å². The highest BCUT2D eigenvalue weighted by molar-refractivity contribution is 4.62. The van der Waals surface area contributed by atoms with Gasteiger partial charge in [0.25, 0.3) is 0 Å². The van der Waals surface area contributed by atoms with Crippen molar-refractivity contribution < 1.29 is 0 Å². The number of hydrogen-bond donors (Lipinski definition) is 0. The fraction of sp³-hybridized carbons (Fsp3) is 1.00. The molecular formula is C12H24N3. The summed E-state index contributed by atoms with van der Waals surface area (Å²) in [4.78, 5) is 0. The fourth-order valence-corrected chi connectivity index (χ4v) is 2.47. The van der Waals surface area contributed by atoms with Gasteiger partial charge in [-0.3, -0.25) is 0 Å². The monoisotopic (exact) mass is 210 g/mol. The normalized spacial score (nSPS) is 27.2. The maximum Gasteiger partial charge on any atom is 0.0161 e. The minimum atomic E-state index is 1.18. The Bertz CT molecular complexity index is 138. The van der Waals surface area contributed by atoms with Crippen LogP contribution in [-0.2, 0) is 0 Å². The average molecular weight is 210 g/mol. The molecule has 0 aromatic heterocycles. The fourth-order valence-electron chi connectivity index (χ4n) is 2.47. The van der Waals surface area contributed by atoms with Gasteiger partial charge in [0.2, 0.25) is 0 Å². The molecule has 15 heavy (non-hydrogen) atoms. The second-order valence-electron chi connectivity index (χ2n) is 4.83. The molecule has 87 valence electrons. The second kappa shape index (κ2) is 6.46. The van der Waals surface area contributed by atoms with Gasteiger partial charge in [0, 0.05) is 26.2 Å². The Morgan fingerprint density at radius 1 is 0.467 bits per heavy atom. The maximum atomic E-state index is 4.78. The first-order valence-electron chi connectivity index (χ1n) is 6.66.